The largest absolute Gasteiger partial charge is 0.480 e. The number of aliphatic carboxylic acids is 1. The standard InChI is InChI=1S/C12H17N3O3/c1-8(2)10(11(16)17)15-12(18)14-7-9-5-3-4-6-13-9/h3-6,8,10H,7H2,1-2H3,(H,16,17)(H2,14,15,18). The molecule has 0 radical (unpaired) electrons. The Labute approximate surface area is 105 Å². The lowest BCUT2D eigenvalue weighted by atomic mass is 10.1. The molecular formula is C12H17N3O3. The minimum atomic E-state index is -1.04. The molecular weight excluding hydrogens is 234 g/mol. The molecule has 6 nitrogen and oxygen atoms in total. The second-order valence-electron chi connectivity index (χ2n) is 4.21. The number of carbonyl (C=O) groups excluding carboxylic acids is 1. The summed E-state index contributed by atoms with van der Waals surface area (Å²) in [5.74, 6) is -1.22. The van der Waals surface area contributed by atoms with Gasteiger partial charge in [0.15, 0.2) is 0 Å². The van der Waals surface area contributed by atoms with Gasteiger partial charge in [-0.1, -0.05) is 19.9 Å². The normalized spacial score (nSPS) is 11.9. The quantitative estimate of drug-likeness (QED) is 0.727. The van der Waals surface area contributed by atoms with Crippen LogP contribution in [0.2, 0.25) is 0 Å². The third kappa shape index (κ3) is 4.40. The molecule has 1 atom stereocenters. The third-order valence-electron chi connectivity index (χ3n) is 2.38. The van der Waals surface area contributed by atoms with Gasteiger partial charge in [-0.2, -0.15) is 0 Å². The molecule has 0 aliphatic rings. The predicted molar refractivity (Wildman–Crippen MR) is 65.9 cm³/mol. The van der Waals surface area contributed by atoms with Crippen molar-refractivity contribution in [2.24, 2.45) is 5.92 Å². The number of carboxylic acids is 1. The fourth-order valence-electron chi connectivity index (χ4n) is 1.38. The summed E-state index contributed by atoms with van der Waals surface area (Å²) in [5.41, 5.74) is 0.712. The average molecular weight is 251 g/mol. The number of hydrogen-bond donors (Lipinski definition) is 3. The van der Waals surface area contributed by atoms with E-state index in [9.17, 15) is 9.59 Å². The van der Waals surface area contributed by atoms with Crippen LogP contribution in [0.5, 0.6) is 0 Å². The number of nitrogens with one attached hydrogen (secondary N) is 2. The first-order valence-corrected chi connectivity index (χ1v) is 5.67. The second-order valence-corrected chi connectivity index (χ2v) is 4.21. The van der Waals surface area contributed by atoms with Gasteiger partial charge >= 0.3 is 12.0 Å². The molecule has 0 spiro atoms. The first-order valence-electron chi connectivity index (χ1n) is 5.67. The molecule has 1 aromatic heterocycles. The Morgan fingerprint density at radius 1 is 1.39 bits per heavy atom. The van der Waals surface area contributed by atoms with Gasteiger partial charge in [0.2, 0.25) is 0 Å². The van der Waals surface area contributed by atoms with Crippen LogP contribution in [0, 0.1) is 5.92 Å². The molecule has 98 valence electrons. The molecule has 1 rings (SSSR count). The fraction of sp³-hybridized carbons (Fsp3) is 0.417. The fourth-order valence-corrected chi connectivity index (χ4v) is 1.38. The third-order valence-corrected chi connectivity index (χ3v) is 2.38. The van der Waals surface area contributed by atoms with Crippen molar-refractivity contribution in [2.45, 2.75) is 26.4 Å². The van der Waals surface area contributed by atoms with E-state index in [0.29, 0.717) is 5.69 Å². The van der Waals surface area contributed by atoms with E-state index in [1.54, 1.807) is 32.2 Å². The number of urea groups is 1. The van der Waals surface area contributed by atoms with E-state index in [-0.39, 0.29) is 12.5 Å². The molecule has 3 N–H and O–H groups in total. The van der Waals surface area contributed by atoms with Crippen LogP contribution in [0.1, 0.15) is 19.5 Å². The Hall–Kier alpha value is -2.11. The first kappa shape index (κ1) is 14.0. The van der Waals surface area contributed by atoms with Gasteiger partial charge in [-0.25, -0.2) is 9.59 Å². The maximum Gasteiger partial charge on any atom is 0.326 e. The Balaban J connectivity index is 2.44. The minimum absolute atomic E-state index is 0.178. The van der Waals surface area contributed by atoms with Crippen LogP contribution in [-0.4, -0.2) is 28.1 Å². The Kier molecular flexibility index (Phi) is 5.10. The molecule has 0 fully saturated rings. The van der Waals surface area contributed by atoms with Crippen molar-refractivity contribution in [1.82, 2.24) is 15.6 Å². The molecule has 0 saturated carbocycles. The lowest BCUT2D eigenvalue weighted by Crippen LogP contribution is -2.48. The highest BCUT2D eigenvalue weighted by Gasteiger charge is 2.23. The number of pyridine rings is 1. The van der Waals surface area contributed by atoms with Crippen LogP contribution in [0.3, 0.4) is 0 Å². The Morgan fingerprint density at radius 3 is 2.61 bits per heavy atom. The van der Waals surface area contributed by atoms with Crippen molar-refractivity contribution in [3.63, 3.8) is 0 Å². The monoisotopic (exact) mass is 251 g/mol. The van der Waals surface area contributed by atoms with Gasteiger partial charge in [0.25, 0.3) is 0 Å². The second kappa shape index (κ2) is 6.58. The number of amides is 2. The van der Waals surface area contributed by atoms with Gasteiger partial charge in [-0.15, -0.1) is 0 Å². The van der Waals surface area contributed by atoms with Gasteiger partial charge in [0, 0.05) is 6.20 Å². The molecule has 0 aromatic carbocycles. The number of carboxylic acid groups (broad SMARTS) is 1. The van der Waals surface area contributed by atoms with Crippen molar-refractivity contribution in [3.05, 3.63) is 30.1 Å². The summed E-state index contributed by atoms with van der Waals surface area (Å²) in [6, 6.07) is 3.96. The Morgan fingerprint density at radius 2 is 2.11 bits per heavy atom. The van der Waals surface area contributed by atoms with Gasteiger partial charge in [0.1, 0.15) is 6.04 Å². The van der Waals surface area contributed by atoms with Crippen molar-refractivity contribution in [1.29, 1.82) is 0 Å². The highest BCUT2D eigenvalue weighted by molar-refractivity contribution is 5.82. The molecule has 1 heterocycles. The van der Waals surface area contributed by atoms with Crippen LogP contribution >= 0.6 is 0 Å². The molecule has 1 aromatic rings. The van der Waals surface area contributed by atoms with E-state index in [4.69, 9.17) is 5.11 Å². The maximum absolute atomic E-state index is 11.5. The SMILES string of the molecule is CC(C)C(NC(=O)NCc1ccccn1)C(=O)O. The minimum Gasteiger partial charge on any atom is -0.480 e. The van der Waals surface area contributed by atoms with Crippen LogP contribution in [-0.2, 0) is 11.3 Å². The average Bonchev–Trinajstić information content (AvgIpc) is 2.34. The van der Waals surface area contributed by atoms with Crippen molar-refractivity contribution >= 4 is 12.0 Å². The predicted octanol–water partition coefficient (Wildman–Crippen LogP) is 0.990. The molecule has 1 unspecified atom stereocenters. The van der Waals surface area contributed by atoms with Gasteiger partial charge in [0.05, 0.1) is 12.2 Å². The van der Waals surface area contributed by atoms with Crippen molar-refractivity contribution in [3.8, 4) is 0 Å². The molecule has 0 bridgehead atoms. The lowest BCUT2D eigenvalue weighted by molar-refractivity contribution is -0.140. The van der Waals surface area contributed by atoms with E-state index >= 15 is 0 Å². The number of hydrogen-bond acceptors (Lipinski definition) is 3. The molecule has 2 amide bonds. The summed E-state index contributed by atoms with van der Waals surface area (Å²) < 4.78 is 0. The van der Waals surface area contributed by atoms with Crippen LogP contribution in [0.25, 0.3) is 0 Å². The van der Waals surface area contributed by atoms with Crippen LogP contribution < -0.4 is 10.6 Å². The molecule has 0 aliphatic carbocycles. The van der Waals surface area contributed by atoms with E-state index in [2.05, 4.69) is 15.6 Å². The molecule has 0 saturated heterocycles. The topological polar surface area (TPSA) is 91.3 Å². The van der Waals surface area contributed by atoms with E-state index in [1.807, 2.05) is 6.07 Å². The van der Waals surface area contributed by atoms with Crippen LogP contribution in [0.15, 0.2) is 24.4 Å². The highest BCUT2D eigenvalue weighted by Crippen LogP contribution is 2.01. The summed E-state index contributed by atoms with van der Waals surface area (Å²) in [4.78, 5) is 26.5. The number of nitrogens with zero attached hydrogens (tertiary/aromatic N) is 1. The number of rotatable bonds is 5. The van der Waals surface area contributed by atoms with Gasteiger partial charge in [-0.05, 0) is 18.1 Å². The smallest absolute Gasteiger partial charge is 0.326 e. The first-order chi connectivity index (χ1) is 8.50. The van der Waals surface area contributed by atoms with Crippen molar-refractivity contribution in [2.75, 3.05) is 0 Å². The Bertz CT molecular complexity index is 406. The van der Waals surface area contributed by atoms with E-state index in [0.717, 1.165) is 0 Å². The lowest BCUT2D eigenvalue weighted by Gasteiger charge is -2.18. The van der Waals surface area contributed by atoms with Crippen molar-refractivity contribution < 1.29 is 14.7 Å². The maximum atomic E-state index is 11.5. The molecule has 0 aliphatic heterocycles. The van der Waals surface area contributed by atoms with Gasteiger partial charge in [-0.3, -0.25) is 4.98 Å². The van der Waals surface area contributed by atoms with E-state index in [1.165, 1.54) is 0 Å². The summed E-state index contributed by atoms with van der Waals surface area (Å²) in [7, 11) is 0. The zero-order valence-corrected chi connectivity index (χ0v) is 10.4. The molecule has 6 heteroatoms. The number of carbonyl (C=O) groups is 2. The summed E-state index contributed by atoms with van der Waals surface area (Å²) in [6.07, 6.45) is 1.63. The number of aromatic nitrogens is 1. The summed E-state index contributed by atoms with van der Waals surface area (Å²) in [5, 5.41) is 13.9. The zero-order chi connectivity index (χ0) is 13.5. The summed E-state index contributed by atoms with van der Waals surface area (Å²) in [6.45, 7) is 3.73. The zero-order valence-electron chi connectivity index (χ0n) is 10.4. The molecule has 18 heavy (non-hydrogen) atoms. The highest BCUT2D eigenvalue weighted by atomic mass is 16.4. The summed E-state index contributed by atoms with van der Waals surface area (Å²) >= 11 is 0. The van der Waals surface area contributed by atoms with Gasteiger partial charge < -0.3 is 15.7 Å². The van der Waals surface area contributed by atoms with Crippen LogP contribution in [0.4, 0.5) is 4.79 Å². The van der Waals surface area contributed by atoms with E-state index < -0.39 is 18.0 Å².